The third-order valence-electron chi connectivity index (χ3n) is 5.30. The molecule has 3 heterocycles. The number of carbonyl (C=O) groups is 1. The SMILES string of the molecule is O=C1c2ccccc2[C@]2(O)[C@H]3c4ccccc4CCN3CN12. The minimum atomic E-state index is -1.25. The average Bonchev–Trinajstić information content (AvgIpc) is 2.98. The summed E-state index contributed by atoms with van der Waals surface area (Å²) in [5, 5.41) is 11.6. The van der Waals surface area contributed by atoms with Crippen LogP contribution in [0.1, 0.15) is 33.1 Å². The van der Waals surface area contributed by atoms with Gasteiger partial charge in [0.05, 0.1) is 12.7 Å². The first-order valence-electron chi connectivity index (χ1n) is 7.67. The number of rotatable bonds is 0. The van der Waals surface area contributed by atoms with Crippen molar-refractivity contribution in [3.63, 3.8) is 0 Å². The highest BCUT2D eigenvalue weighted by atomic mass is 16.3. The van der Waals surface area contributed by atoms with Crippen LogP contribution in [0.3, 0.4) is 0 Å². The molecule has 1 saturated heterocycles. The zero-order valence-electron chi connectivity index (χ0n) is 12.1. The molecule has 3 aliphatic rings. The molecule has 0 aliphatic carbocycles. The van der Waals surface area contributed by atoms with E-state index in [0.29, 0.717) is 12.2 Å². The van der Waals surface area contributed by atoms with Crippen LogP contribution in [0.25, 0.3) is 0 Å². The van der Waals surface area contributed by atoms with Gasteiger partial charge in [0, 0.05) is 17.7 Å². The van der Waals surface area contributed by atoms with Crippen LogP contribution in [0, 0.1) is 0 Å². The molecule has 110 valence electrons. The van der Waals surface area contributed by atoms with Crippen molar-refractivity contribution in [2.24, 2.45) is 0 Å². The van der Waals surface area contributed by atoms with E-state index in [1.807, 2.05) is 36.4 Å². The van der Waals surface area contributed by atoms with Gasteiger partial charge in [-0.2, -0.15) is 0 Å². The van der Waals surface area contributed by atoms with Crippen LogP contribution >= 0.6 is 0 Å². The fourth-order valence-electron chi connectivity index (χ4n) is 4.33. The number of amides is 1. The van der Waals surface area contributed by atoms with E-state index in [1.54, 1.807) is 4.90 Å². The molecule has 4 nitrogen and oxygen atoms in total. The summed E-state index contributed by atoms with van der Waals surface area (Å²) in [6.07, 6.45) is 0.965. The van der Waals surface area contributed by atoms with E-state index >= 15 is 0 Å². The molecule has 2 atom stereocenters. The van der Waals surface area contributed by atoms with Gasteiger partial charge in [-0.15, -0.1) is 0 Å². The van der Waals surface area contributed by atoms with Gasteiger partial charge in [0.1, 0.15) is 0 Å². The van der Waals surface area contributed by atoms with Crippen LogP contribution in [0.15, 0.2) is 48.5 Å². The Morgan fingerprint density at radius 3 is 2.77 bits per heavy atom. The summed E-state index contributed by atoms with van der Waals surface area (Å²) in [4.78, 5) is 16.5. The Labute approximate surface area is 128 Å². The quantitative estimate of drug-likeness (QED) is 0.806. The van der Waals surface area contributed by atoms with Crippen molar-refractivity contribution in [1.82, 2.24) is 9.80 Å². The summed E-state index contributed by atoms with van der Waals surface area (Å²) >= 11 is 0. The summed E-state index contributed by atoms with van der Waals surface area (Å²) in [6, 6.07) is 15.5. The van der Waals surface area contributed by atoms with Crippen LogP contribution < -0.4 is 0 Å². The van der Waals surface area contributed by atoms with Crippen LogP contribution in [0.5, 0.6) is 0 Å². The minimum Gasteiger partial charge on any atom is -0.365 e. The van der Waals surface area contributed by atoms with E-state index in [0.717, 1.165) is 24.1 Å². The van der Waals surface area contributed by atoms with Crippen LogP contribution in [0.2, 0.25) is 0 Å². The van der Waals surface area contributed by atoms with E-state index < -0.39 is 5.72 Å². The highest BCUT2D eigenvalue weighted by Crippen LogP contribution is 2.54. The molecule has 1 N–H and O–H groups in total. The molecule has 0 unspecified atom stereocenters. The lowest BCUT2D eigenvalue weighted by molar-refractivity contribution is -0.0778. The number of aliphatic hydroxyl groups is 1. The Balaban J connectivity index is 1.77. The lowest BCUT2D eigenvalue weighted by atomic mass is 9.84. The Bertz CT molecular complexity index is 803. The molecule has 3 aliphatic heterocycles. The molecule has 0 radical (unpaired) electrons. The molecule has 0 bridgehead atoms. The number of fused-ring (bicyclic) bond motifs is 7. The zero-order chi connectivity index (χ0) is 14.9. The van der Waals surface area contributed by atoms with Crippen molar-refractivity contribution in [3.05, 3.63) is 70.8 Å². The van der Waals surface area contributed by atoms with Crippen molar-refractivity contribution in [1.29, 1.82) is 0 Å². The highest BCUT2D eigenvalue weighted by Gasteiger charge is 2.61. The smallest absolute Gasteiger partial charge is 0.257 e. The van der Waals surface area contributed by atoms with Gasteiger partial charge in [-0.05, 0) is 23.6 Å². The maximum absolute atomic E-state index is 12.7. The van der Waals surface area contributed by atoms with Crippen molar-refractivity contribution in [3.8, 4) is 0 Å². The Hall–Kier alpha value is -2.17. The summed E-state index contributed by atoms with van der Waals surface area (Å²) in [5.74, 6) is -0.0648. The van der Waals surface area contributed by atoms with Gasteiger partial charge in [-0.1, -0.05) is 42.5 Å². The van der Waals surface area contributed by atoms with Gasteiger partial charge in [-0.3, -0.25) is 14.6 Å². The number of benzene rings is 2. The maximum atomic E-state index is 12.7. The van der Waals surface area contributed by atoms with Crippen molar-refractivity contribution >= 4 is 5.91 Å². The normalized spacial score (nSPS) is 29.0. The topological polar surface area (TPSA) is 43.8 Å². The lowest BCUT2D eigenvalue weighted by Crippen LogP contribution is -2.43. The van der Waals surface area contributed by atoms with Gasteiger partial charge < -0.3 is 5.11 Å². The first-order chi connectivity index (χ1) is 10.7. The standard InChI is InChI=1S/C18H16N2O2/c21-17-14-7-3-4-8-15(14)18(22)16-13-6-2-1-5-12(13)9-10-19(16)11-20(17)18/h1-8,16,22H,9-11H2/t16-,18+/m1/s1. The fourth-order valence-corrected chi connectivity index (χ4v) is 4.33. The zero-order valence-corrected chi connectivity index (χ0v) is 12.1. The second-order valence-electron chi connectivity index (χ2n) is 6.31. The summed E-state index contributed by atoms with van der Waals surface area (Å²) in [7, 11) is 0. The molecule has 22 heavy (non-hydrogen) atoms. The Morgan fingerprint density at radius 2 is 1.86 bits per heavy atom. The second kappa shape index (κ2) is 3.97. The van der Waals surface area contributed by atoms with Crippen molar-refractivity contribution in [2.75, 3.05) is 13.2 Å². The van der Waals surface area contributed by atoms with Gasteiger partial charge in [0.25, 0.3) is 5.91 Å². The third kappa shape index (κ3) is 1.28. The van der Waals surface area contributed by atoms with Crippen LogP contribution in [0.4, 0.5) is 0 Å². The van der Waals surface area contributed by atoms with Gasteiger partial charge in [-0.25, -0.2) is 0 Å². The van der Waals surface area contributed by atoms with Crippen LogP contribution in [-0.4, -0.2) is 34.0 Å². The summed E-state index contributed by atoms with van der Waals surface area (Å²) in [5.41, 5.74) is 2.54. The van der Waals surface area contributed by atoms with Crippen LogP contribution in [-0.2, 0) is 12.1 Å². The summed E-state index contributed by atoms with van der Waals surface area (Å²) in [6.45, 7) is 1.36. The Kier molecular flexibility index (Phi) is 2.23. The summed E-state index contributed by atoms with van der Waals surface area (Å²) < 4.78 is 0. The van der Waals surface area contributed by atoms with Crippen molar-refractivity contribution in [2.45, 2.75) is 18.2 Å². The third-order valence-corrected chi connectivity index (χ3v) is 5.30. The molecule has 5 rings (SSSR count). The predicted molar refractivity (Wildman–Crippen MR) is 81.0 cm³/mol. The maximum Gasteiger partial charge on any atom is 0.257 e. The largest absolute Gasteiger partial charge is 0.365 e. The van der Waals surface area contributed by atoms with Gasteiger partial charge in [0.2, 0.25) is 0 Å². The van der Waals surface area contributed by atoms with Gasteiger partial charge in [0.15, 0.2) is 5.72 Å². The number of hydrogen-bond donors (Lipinski definition) is 1. The molecule has 2 aromatic carbocycles. The minimum absolute atomic E-state index is 0.0648. The monoisotopic (exact) mass is 292 g/mol. The molecular weight excluding hydrogens is 276 g/mol. The number of carbonyl (C=O) groups excluding carboxylic acids is 1. The van der Waals surface area contributed by atoms with E-state index in [2.05, 4.69) is 17.0 Å². The predicted octanol–water partition coefficient (Wildman–Crippen LogP) is 1.86. The molecular formula is C18H16N2O2. The Morgan fingerprint density at radius 1 is 1.09 bits per heavy atom. The van der Waals surface area contributed by atoms with Gasteiger partial charge >= 0.3 is 0 Å². The van der Waals surface area contributed by atoms with E-state index in [9.17, 15) is 9.90 Å². The molecule has 1 fully saturated rings. The molecule has 2 aromatic rings. The molecule has 4 heteroatoms. The highest BCUT2D eigenvalue weighted by molar-refractivity contribution is 6.00. The van der Waals surface area contributed by atoms with E-state index in [-0.39, 0.29) is 11.9 Å². The molecule has 0 saturated carbocycles. The first kappa shape index (κ1) is 12.4. The second-order valence-corrected chi connectivity index (χ2v) is 6.31. The van der Waals surface area contributed by atoms with E-state index in [1.165, 1.54) is 5.56 Å². The van der Waals surface area contributed by atoms with Crippen molar-refractivity contribution < 1.29 is 9.90 Å². The molecule has 1 amide bonds. The molecule has 0 aromatic heterocycles. The first-order valence-corrected chi connectivity index (χ1v) is 7.67. The average molecular weight is 292 g/mol. The number of nitrogens with zero attached hydrogens (tertiary/aromatic N) is 2. The molecule has 0 spiro atoms. The van der Waals surface area contributed by atoms with E-state index in [4.69, 9.17) is 0 Å². The lowest BCUT2D eigenvalue weighted by Gasteiger charge is -2.37. The number of hydrogen-bond acceptors (Lipinski definition) is 3. The fraction of sp³-hybridized carbons (Fsp3) is 0.278.